The summed E-state index contributed by atoms with van der Waals surface area (Å²) < 4.78 is 26.3. The van der Waals surface area contributed by atoms with Crippen LogP contribution in [-0.2, 0) is 19.6 Å². The normalized spacial score (nSPS) is 12.4. The highest BCUT2D eigenvalue weighted by atomic mass is 32.2. The minimum Gasteiger partial charge on any atom is -0.480 e. The van der Waals surface area contributed by atoms with Gasteiger partial charge in [0.1, 0.15) is 6.04 Å². The Kier molecular flexibility index (Phi) is 6.80. The number of hydrogen-bond donors (Lipinski definition) is 3. The van der Waals surface area contributed by atoms with E-state index in [4.69, 9.17) is 5.11 Å². The molecule has 0 bridgehead atoms. The second-order valence-electron chi connectivity index (χ2n) is 4.76. The van der Waals surface area contributed by atoms with Crippen LogP contribution in [0, 0.1) is 10.1 Å². The minimum absolute atomic E-state index is 0.159. The molecule has 3 N–H and O–H groups in total. The summed E-state index contributed by atoms with van der Waals surface area (Å²) in [6.45, 7) is 2.08. The Morgan fingerprint density at radius 2 is 1.88 bits per heavy atom. The summed E-state index contributed by atoms with van der Waals surface area (Å²) in [5, 5.41) is 22.1. The van der Waals surface area contributed by atoms with Gasteiger partial charge in [-0.2, -0.15) is 4.72 Å². The molecule has 0 aliphatic rings. The molecule has 0 unspecified atom stereocenters. The Bertz CT molecular complexity index is 716. The first-order valence-corrected chi connectivity index (χ1v) is 8.42. The molecule has 24 heavy (non-hydrogen) atoms. The van der Waals surface area contributed by atoms with Crippen molar-refractivity contribution < 1.29 is 28.0 Å². The largest absolute Gasteiger partial charge is 0.480 e. The van der Waals surface area contributed by atoms with Crippen LogP contribution in [0.25, 0.3) is 0 Å². The zero-order valence-electron chi connectivity index (χ0n) is 12.8. The van der Waals surface area contributed by atoms with Gasteiger partial charge in [-0.15, -0.1) is 0 Å². The fourth-order valence-corrected chi connectivity index (χ4v) is 3.02. The maximum atomic E-state index is 12.2. The fraction of sp³-hybridized carbons (Fsp3) is 0.385. The molecule has 11 heteroatoms. The molecule has 0 saturated heterocycles. The lowest BCUT2D eigenvalue weighted by Gasteiger charge is -2.14. The van der Waals surface area contributed by atoms with E-state index in [1.165, 1.54) is 0 Å². The predicted molar refractivity (Wildman–Crippen MR) is 82.8 cm³/mol. The van der Waals surface area contributed by atoms with Crippen LogP contribution in [0.15, 0.2) is 29.2 Å². The number of carboxylic acid groups (broad SMARTS) is 1. The first kappa shape index (κ1) is 19.5. The first-order chi connectivity index (χ1) is 11.2. The summed E-state index contributed by atoms with van der Waals surface area (Å²) in [5.74, 6) is -1.82. The van der Waals surface area contributed by atoms with E-state index in [-0.39, 0.29) is 23.4 Å². The number of carboxylic acids is 1. The van der Waals surface area contributed by atoms with Gasteiger partial charge in [-0.05, 0) is 25.5 Å². The summed E-state index contributed by atoms with van der Waals surface area (Å²) in [6, 6.07) is 2.51. The lowest BCUT2D eigenvalue weighted by molar-refractivity contribution is -0.384. The van der Waals surface area contributed by atoms with E-state index in [2.05, 4.69) is 5.32 Å². The van der Waals surface area contributed by atoms with Crippen LogP contribution >= 0.6 is 0 Å². The highest BCUT2D eigenvalue weighted by Crippen LogP contribution is 2.16. The third-order valence-corrected chi connectivity index (χ3v) is 4.47. The molecule has 0 saturated carbocycles. The number of nitro benzene ring substituents is 1. The van der Waals surface area contributed by atoms with Crippen LogP contribution < -0.4 is 10.0 Å². The van der Waals surface area contributed by atoms with Crippen molar-refractivity contribution in [1.29, 1.82) is 0 Å². The van der Waals surface area contributed by atoms with Crippen LogP contribution in [0.5, 0.6) is 0 Å². The van der Waals surface area contributed by atoms with Gasteiger partial charge >= 0.3 is 5.97 Å². The number of amides is 1. The lowest BCUT2D eigenvalue weighted by Crippen LogP contribution is -2.41. The van der Waals surface area contributed by atoms with E-state index in [9.17, 15) is 28.1 Å². The van der Waals surface area contributed by atoms with Gasteiger partial charge in [0.25, 0.3) is 5.69 Å². The van der Waals surface area contributed by atoms with Crippen LogP contribution in [0.4, 0.5) is 5.69 Å². The van der Waals surface area contributed by atoms with E-state index < -0.39 is 32.9 Å². The Morgan fingerprint density at radius 1 is 1.29 bits per heavy atom. The SMILES string of the molecule is CCNC(=O)CC[C@H](NS(=O)(=O)c1ccc([N+](=O)[O-])cc1)C(=O)O. The molecule has 0 fully saturated rings. The smallest absolute Gasteiger partial charge is 0.321 e. The van der Waals surface area contributed by atoms with Gasteiger partial charge in [-0.3, -0.25) is 19.7 Å². The first-order valence-electron chi connectivity index (χ1n) is 6.93. The predicted octanol–water partition coefficient (Wildman–Crippen LogP) is 0.243. The van der Waals surface area contributed by atoms with Gasteiger partial charge in [0.05, 0.1) is 9.82 Å². The van der Waals surface area contributed by atoms with Crippen molar-refractivity contribution in [3.63, 3.8) is 0 Å². The van der Waals surface area contributed by atoms with Crippen molar-refractivity contribution in [2.24, 2.45) is 0 Å². The highest BCUT2D eigenvalue weighted by Gasteiger charge is 2.26. The van der Waals surface area contributed by atoms with Crippen molar-refractivity contribution in [2.75, 3.05) is 6.54 Å². The molecule has 1 amide bonds. The Labute approximate surface area is 138 Å². The number of carbonyl (C=O) groups excluding carboxylic acids is 1. The number of sulfonamides is 1. The monoisotopic (exact) mass is 359 g/mol. The van der Waals surface area contributed by atoms with Gasteiger partial charge in [-0.1, -0.05) is 0 Å². The number of non-ortho nitro benzene ring substituents is 1. The zero-order valence-corrected chi connectivity index (χ0v) is 13.6. The van der Waals surface area contributed by atoms with Crippen LogP contribution in [0.2, 0.25) is 0 Å². The fourth-order valence-electron chi connectivity index (χ4n) is 1.80. The summed E-state index contributed by atoms with van der Waals surface area (Å²) in [6.07, 6.45) is -0.388. The number of nitro groups is 1. The number of hydrogen-bond acceptors (Lipinski definition) is 6. The second kappa shape index (κ2) is 8.36. The maximum absolute atomic E-state index is 12.2. The number of nitrogens with one attached hydrogen (secondary N) is 2. The van der Waals surface area contributed by atoms with Gasteiger partial charge < -0.3 is 10.4 Å². The molecule has 0 spiro atoms. The van der Waals surface area contributed by atoms with Crippen molar-refractivity contribution >= 4 is 27.6 Å². The highest BCUT2D eigenvalue weighted by molar-refractivity contribution is 7.89. The third kappa shape index (κ3) is 5.59. The quantitative estimate of drug-likeness (QED) is 0.421. The van der Waals surface area contributed by atoms with Crippen LogP contribution in [0.3, 0.4) is 0 Å². The summed E-state index contributed by atoms with van der Waals surface area (Å²) in [5.41, 5.74) is -0.292. The van der Waals surface area contributed by atoms with Crippen molar-refractivity contribution in [3.05, 3.63) is 34.4 Å². The van der Waals surface area contributed by atoms with Crippen LogP contribution in [0.1, 0.15) is 19.8 Å². The van der Waals surface area contributed by atoms with Crippen molar-refractivity contribution in [2.45, 2.75) is 30.7 Å². The summed E-state index contributed by atoms with van der Waals surface area (Å²) in [4.78, 5) is 32.1. The molecule has 10 nitrogen and oxygen atoms in total. The summed E-state index contributed by atoms with van der Waals surface area (Å²) in [7, 11) is -4.19. The number of aliphatic carboxylic acids is 1. The molecule has 1 aromatic carbocycles. The Hall–Kier alpha value is -2.53. The standard InChI is InChI=1S/C13H17N3O7S/c1-2-14-12(17)8-7-11(13(18)19)15-24(22,23)10-5-3-9(4-6-10)16(20)21/h3-6,11,15H,2,7-8H2,1H3,(H,14,17)(H,18,19)/t11-/m0/s1. The number of nitrogens with zero attached hydrogens (tertiary/aromatic N) is 1. The van der Waals surface area contributed by atoms with E-state index in [0.29, 0.717) is 6.54 Å². The minimum atomic E-state index is -4.19. The number of carbonyl (C=O) groups is 2. The molecule has 1 aromatic rings. The molecule has 1 rings (SSSR count). The molecule has 1 atom stereocenters. The van der Waals surface area contributed by atoms with E-state index in [0.717, 1.165) is 24.3 Å². The van der Waals surface area contributed by atoms with E-state index in [1.54, 1.807) is 6.92 Å². The van der Waals surface area contributed by atoms with Gasteiger partial charge in [-0.25, -0.2) is 8.42 Å². The molecule has 0 aliphatic heterocycles. The van der Waals surface area contributed by atoms with E-state index in [1.807, 2.05) is 4.72 Å². The van der Waals surface area contributed by atoms with E-state index >= 15 is 0 Å². The van der Waals surface area contributed by atoms with Gasteiger partial charge in [0.2, 0.25) is 15.9 Å². The third-order valence-electron chi connectivity index (χ3n) is 2.99. The second-order valence-corrected chi connectivity index (χ2v) is 6.47. The average Bonchev–Trinajstić information content (AvgIpc) is 2.51. The molecule has 0 aromatic heterocycles. The summed E-state index contributed by atoms with van der Waals surface area (Å²) >= 11 is 0. The van der Waals surface area contributed by atoms with Crippen LogP contribution in [-0.4, -0.2) is 42.9 Å². The molecule has 0 heterocycles. The molecular weight excluding hydrogens is 342 g/mol. The maximum Gasteiger partial charge on any atom is 0.321 e. The van der Waals surface area contributed by atoms with Gasteiger partial charge in [0.15, 0.2) is 0 Å². The zero-order chi connectivity index (χ0) is 18.3. The number of rotatable bonds is 9. The molecule has 0 radical (unpaired) electrons. The van der Waals surface area contributed by atoms with Gasteiger partial charge in [0, 0.05) is 25.1 Å². The molecule has 0 aliphatic carbocycles. The molecular formula is C13H17N3O7S. The topological polar surface area (TPSA) is 156 Å². The number of benzene rings is 1. The molecule has 132 valence electrons. The Balaban J connectivity index is 2.85. The Morgan fingerprint density at radius 3 is 2.33 bits per heavy atom. The van der Waals surface area contributed by atoms with Crippen molar-refractivity contribution in [1.82, 2.24) is 10.0 Å². The average molecular weight is 359 g/mol. The lowest BCUT2D eigenvalue weighted by atomic mass is 10.1. The van der Waals surface area contributed by atoms with Crippen molar-refractivity contribution in [3.8, 4) is 0 Å².